The first kappa shape index (κ1) is 9.05. The van der Waals surface area contributed by atoms with Crippen LogP contribution in [-0.2, 0) is 0 Å². The Bertz CT molecular complexity index is 368. The van der Waals surface area contributed by atoms with Gasteiger partial charge in [0.25, 0.3) is 0 Å². The van der Waals surface area contributed by atoms with Gasteiger partial charge in [-0.2, -0.15) is 5.26 Å². The zero-order valence-electron chi connectivity index (χ0n) is 5.84. The van der Waals surface area contributed by atoms with Crippen LogP contribution in [0.4, 0.5) is 0 Å². The van der Waals surface area contributed by atoms with Crippen molar-refractivity contribution in [1.29, 1.82) is 5.26 Å². The first-order valence-electron chi connectivity index (χ1n) is 3.04. The van der Waals surface area contributed by atoms with Crippen LogP contribution in [-0.4, -0.2) is 6.29 Å². The summed E-state index contributed by atoms with van der Waals surface area (Å²) < 4.78 is 0. The summed E-state index contributed by atoms with van der Waals surface area (Å²) in [6, 6.07) is 4.79. The Morgan fingerprint density at radius 2 is 2.08 bits per heavy atom. The van der Waals surface area contributed by atoms with Gasteiger partial charge in [-0.25, -0.2) is 0 Å². The average Bonchev–Trinajstić information content (AvgIpc) is 2.06. The highest BCUT2D eigenvalue weighted by atomic mass is 35.5. The number of rotatable bonds is 1. The second-order valence-electron chi connectivity index (χ2n) is 2.05. The van der Waals surface area contributed by atoms with Gasteiger partial charge in [-0.3, -0.25) is 4.79 Å². The molecule has 1 rings (SSSR count). The van der Waals surface area contributed by atoms with Crippen molar-refractivity contribution in [2.45, 2.75) is 0 Å². The van der Waals surface area contributed by atoms with Crippen LogP contribution in [0.1, 0.15) is 15.9 Å². The van der Waals surface area contributed by atoms with Gasteiger partial charge in [0.15, 0.2) is 6.29 Å². The van der Waals surface area contributed by atoms with E-state index in [9.17, 15) is 4.79 Å². The molecular weight excluding hydrogens is 197 g/mol. The van der Waals surface area contributed by atoms with Crippen LogP contribution in [0.2, 0.25) is 10.0 Å². The van der Waals surface area contributed by atoms with Gasteiger partial charge in [0.1, 0.15) is 6.07 Å². The van der Waals surface area contributed by atoms with Crippen molar-refractivity contribution in [3.63, 3.8) is 0 Å². The van der Waals surface area contributed by atoms with E-state index in [0.717, 1.165) is 0 Å². The van der Waals surface area contributed by atoms with Crippen LogP contribution in [0.3, 0.4) is 0 Å². The molecule has 0 radical (unpaired) electrons. The summed E-state index contributed by atoms with van der Waals surface area (Å²) in [5.74, 6) is 0. The molecule has 0 aliphatic heterocycles. The molecule has 4 heteroatoms. The third kappa shape index (κ3) is 1.42. The number of benzene rings is 1. The van der Waals surface area contributed by atoms with Gasteiger partial charge in [-0.15, -0.1) is 0 Å². The van der Waals surface area contributed by atoms with Gasteiger partial charge in [0, 0.05) is 0 Å². The number of carbonyl (C=O) groups is 1. The highest BCUT2D eigenvalue weighted by Crippen LogP contribution is 2.25. The molecule has 2 nitrogen and oxygen atoms in total. The molecule has 12 heavy (non-hydrogen) atoms. The van der Waals surface area contributed by atoms with Gasteiger partial charge in [-0.05, 0) is 12.1 Å². The average molecular weight is 200 g/mol. The number of halogens is 2. The van der Waals surface area contributed by atoms with Crippen molar-refractivity contribution < 1.29 is 4.79 Å². The quantitative estimate of drug-likeness (QED) is 0.653. The van der Waals surface area contributed by atoms with Crippen molar-refractivity contribution >= 4 is 29.5 Å². The summed E-state index contributed by atoms with van der Waals surface area (Å²) in [5, 5.41) is 8.91. The van der Waals surface area contributed by atoms with Gasteiger partial charge in [0.2, 0.25) is 0 Å². The largest absolute Gasteiger partial charge is 0.298 e. The molecule has 1 aromatic rings. The Balaban J connectivity index is 3.46. The number of nitrogens with zero attached hydrogens (tertiary/aromatic N) is 1. The molecule has 0 spiro atoms. The molecule has 0 aliphatic carbocycles. The standard InChI is InChI=1S/C8H3Cl2NO/c9-7-2-1-5(3-11)8(10)6(7)4-12/h1-2,4H. The van der Waals surface area contributed by atoms with Crippen molar-refractivity contribution in [2.24, 2.45) is 0 Å². The van der Waals surface area contributed by atoms with Crippen LogP contribution in [0.15, 0.2) is 12.1 Å². The van der Waals surface area contributed by atoms with E-state index in [1.807, 2.05) is 6.07 Å². The zero-order valence-corrected chi connectivity index (χ0v) is 7.36. The van der Waals surface area contributed by atoms with Crippen molar-refractivity contribution in [3.8, 4) is 6.07 Å². The minimum Gasteiger partial charge on any atom is -0.298 e. The molecule has 1 aromatic carbocycles. The molecule has 0 atom stereocenters. The molecule has 0 bridgehead atoms. The van der Waals surface area contributed by atoms with E-state index >= 15 is 0 Å². The Morgan fingerprint density at radius 1 is 1.42 bits per heavy atom. The fourth-order valence-corrected chi connectivity index (χ4v) is 1.27. The van der Waals surface area contributed by atoms with Gasteiger partial charge in [-0.1, -0.05) is 23.2 Å². The van der Waals surface area contributed by atoms with Crippen LogP contribution >= 0.6 is 23.2 Å². The topological polar surface area (TPSA) is 40.9 Å². The SMILES string of the molecule is N#Cc1ccc(Cl)c(C=O)c1Cl. The number of aldehydes is 1. The predicted molar refractivity (Wildman–Crippen MR) is 46.6 cm³/mol. The van der Waals surface area contributed by atoms with Crippen molar-refractivity contribution in [2.75, 3.05) is 0 Å². The van der Waals surface area contributed by atoms with Crippen LogP contribution < -0.4 is 0 Å². The van der Waals surface area contributed by atoms with E-state index in [2.05, 4.69) is 0 Å². The molecule has 0 amide bonds. The Hall–Kier alpha value is -1.04. The lowest BCUT2D eigenvalue weighted by Gasteiger charge is -1.99. The first-order chi connectivity index (χ1) is 5.70. The third-order valence-electron chi connectivity index (χ3n) is 1.36. The fraction of sp³-hybridized carbons (Fsp3) is 0. The number of hydrogen-bond acceptors (Lipinski definition) is 2. The molecular formula is C8H3Cl2NO. The summed E-state index contributed by atoms with van der Waals surface area (Å²) in [6.45, 7) is 0. The molecule has 0 saturated heterocycles. The van der Waals surface area contributed by atoms with Crippen LogP contribution in [0.5, 0.6) is 0 Å². The molecule has 0 saturated carbocycles. The summed E-state index contributed by atoms with van der Waals surface area (Å²) in [7, 11) is 0. The highest BCUT2D eigenvalue weighted by Gasteiger charge is 2.08. The molecule has 0 aliphatic rings. The second-order valence-corrected chi connectivity index (χ2v) is 2.84. The maximum Gasteiger partial charge on any atom is 0.153 e. The van der Waals surface area contributed by atoms with Crippen LogP contribution in [0.25, 0.3) is 0 Å². The molecule has 0 heterocycles. The summed E-state index contributed by atoms with van der Waals surface area (Å²) in [4.78, 5) is 10.4. The molecule has 0 unspecified atom stereocenters. The lowest BCUT2D eigenvalue weighted by Crippen LogP contribution is -1.87. The molecule has 0 fully saturated rings. The van der Waals surface area contributed by atoms with Gasteiger partial charge in [0.05, 0.1) is 21.2 Å². The Morgan fingerprint density at radius 3 is 2.58 bits per heavy atom. The monoisotopic (exact) mass is 199 g/mol. The minimum atomic E-state index is 0.111. The fourth-order valence-electron chi connectivity index (χ4n) is 0.764. The van der Waals surface area contributed by atoms with E-state index in [1.54, 1.807) is 0 Å². The minimum absolute atomic E-state index is 0.111. The van der Waals surface area contributed by atoms with Crippen LogP contribution in [0, 0.1) is 11.3 Å². The van der Waals surface area contributed by atoms with Crippen molar-refractivity contribution in [1.82, 2.24) is 0 Å². The maximum atomic E-state index is 10.4. The van der Waals surface area contributed by atoms with Gasteiger partial charge >= 0.3 is 0 Å². The second kappa shape index (κ2) is 3.57. The lowest BCUT2D eigenvalue weighted by molar-refractivity contribution is 0.112. The Kier molecular flexibility index (Phi) is 2.69. The maximum absolute atomic E-state index is 10.4. The molecule has 60 valence electrons. The lowest BCUT2D eigenvalue weighted by atomic mass is 10.1. The smallest absolute Gasteiger partial charge is 0.153 e. The summed E-state index contributed by atoms with van der Waals surface area (Å²) in [6.07, 6.45) is 0.533. The predicted octanol–water partition coefficient (Wildman–Crippen LogP) is 2.68. The number of nitriles is 1. The summed E-state index contributed by atoms with van der Waals surface area (Å²) in [5.41, 5.74) is 0.417. The normalized spacial score (nSPS) is 9.08. The summed E-state index contributed by atoms with van der Waals surface area (Å²) >= 11 is 11.3. The Labute approximate surface area is 79.3 Å². The van der Waals surface area contributed by atoms with Gasteiger partial charge < -0.3 is 0 Å². The molecule has 0 aromatic heterocycles. The van der Waals surface area contributed by atoms with E-state index in [0.29, 0.717) is 6.29 Å². The third-order valence-corrected chi connectivity index (χ3v) is 2.10. The highest BCUT2D eigenvalue weighted by molar-refractivity contribution is 6.39. The number of hydrogen-bond donors (Lipinski definition) is 0. The van der Waals surface area contributed by atoms with E-state index in [-0.39, 0.29) is 21.2 Å². The first-order valence-corrected chi connectivity index (χ1v) is 3.79. The zero-order chi connectivity index (χ0) is 9.14. The molecule has 0 N–H and O–H groups in total. The number of carbonyl (C=O) groups excluding carboxylic acids is 1. The van der Waals surface area contributed by atoms with E-state index < -0.39 is 0 Å². The van der Waals surface area contributed by atoms with E-state index in [1.165, 1.54) is 12.1 Å². The van der Waals surface area contributed by atoms with Crippen molar-refractivity contribution in [3.05, 3.63) is 33.3 Å². The van der Waals surface area contributed by atoms with E-state index in [4.69, 9.17) is 28.5 Å².